The molecule has 0 radical (unpaired) electrons. The second-order valence-corrected chi connectivity index (χ2v) is 5.47. The first-order valence-electron chi connectivity index (χ1n) is 6.26. The Bertz CT molecular complexity index is 561. The van der Waals surface area contributed by atoms with E-state index in [0.717, 1.165) is 11.0 Å². The van der Waals surface area contributed by atoms with Crippen molar-refractivity contribution in [3.8, 4) is 0 Å². The number of hydrogen-bond acceptors (Lipinski definition) is 5. The molecule has 19 heavy (non-hydrogen) atoms. The van der Waals surface area contributed by atoms with E-state index in [1.165, 1.54) is 0 Å². The van der Waals surface area contributed by atoms with Gasteiger partial charge in [0.1, 0.15) is 5.52 Å². The molecule has 2 aromatic rings. The highest BCUT2D eigenvalue weighted by atomic mass is 16.3. The molecule has 0 aliphatic rings. The molecule has 104 valence electrons. The van der Waals surface area contributed by atoms with Crippen LogP contribution in [0.4, 0.5) is 5.82 Å². The molecule has 1 unspecified atom stereocenters. The van der Waals surface area contributed by atoms with Gasteiger partial charge in [-0.05, 0) is 27.1 Å². The molecule has 2 rings (SSSR count). The molecule has 0 saturated carbocycles. The number of aromatic nitrogens is 3. The number of aliphatic hydroxyl groups is 1. The van der Waals surface area contributed by atoms with Crippen molar-refractivity contribution in [1.29, 1.82) is 0 Å². The molecule has 1 atom stereocenters. The SMILES string of the molecule is CN(C)CC(C)(O)CNc1nccc2c1ncn2C. The van der Waals surface area contributed by atoms with Gasteiger partial charge in [0.15, 0.2) is 5.82 Å². The number of nitrogens with zero attached hydrogens (tertiary/aromatic N) is 4. The molecular formula is C13H21N5O. The number of aryl methyl sites for hydroxylation is 1. The topological polar surface area (TPSA) is 66.2 Å². The van der Waals surface area contributed by atoms with Crippen molar-refractivity contribution in [1.82, 2.24) is 19.4 Å². The van der Waals surface area contributed by atoms with Crippen molar-refractivity contribution in [3.05, 3.63) is 18.6 Å². The Morgan fingerprint density at radius 1 is 1.42 bits per heavy atom. The van der Waals surface area contributed by atoms with Crippen molar-refractivity contribution >= 4 is 16.9 Å². The number of nitrogens with one attached hydrogen (secondary N) is 1. The minimum absolute atomic E-state index is 0.424. The lowest BCUT2D eigenvalue weighted by atomic mass is 10.1. The third-order valence-corrected chi connectivity index (χ3v) is 2.94. The van der Waals surface area contributed by atoms with Crippen molar-refractivity contribution in [2.45, 2.75) is 12.5 Å². The normalized spacial score (nSPS) is 14.8. The molecule has 6 heteroatoms. The van der Waals surface area contributed by atoms with Crippen LogP contribution in [0.1, 0.15) is 6.92 Å². The van der Waals surface area contributed by atoms with Crippen LogP contribution < -0.4 is 5.32 Å². The standard InChI is InChI=1S/C13H21N5O/c1-13(19,8-17(2)3)7-15-12-11-10(5-6-14-12)18(4)9-16-11/h5-6,9,19H,7-8H2,1-4H3,(H,14,15). The number of imidazole rings is 1. The average Bonchev–Trinajstić information content (AvgIpc) is 2.68. The summed E-state index contributed by atoms with van der Waals surface area (Å²) in [7, 11) is 5.82. The summed E-state index contributed by atoms with van der Waals surface area (Å²) in [6.07, 6.45) is 3.50. The van der Waals surface area contributed by atoms with Gasteiger partial charge in [-0.25, -0.2) is 9.97 Å². The number of rotatable bonds is 5. The van der Waals surface area contributed by atoms with E-state index in [4.69, 9.17) is 0 Å². The molecule has 0 fully saturated rings. The molecule has 0 aromatic carbocycles. The van der Waals surface area contributed by atoms with Gasteiger partial charge in [-0.15, -0.1) is 0 Å². The molecule has 0 aliphatic heterocycles. The summed E-state index contributed by atoms with van der Waals surface area (Å²) in [6.45, 7) is 2.81. The van der Waals surface area contributed by atoms with Gasteiger partial charge in [-0.1, -0.05) is 0 Å². The molecular weight excluding hydrogens is 242 g/mol. The Labute approximate surface area is 113 Å². The van der Waals surface area contributed by atoms with Gasteiger partial charge in [-0.2, -0.15) is 0 Å². The van der Waals surface area contributed by atoms with E-state index >= 15 is 0 Å². The highest BCUT2D eigenvalue weighted by molar-refractivity contribution is 5.85. The first-order valence-corrected chi connectivity index (χ1v) is 6.26. The molecule has 2 aromatic heterocycles. The maximum absolute atomic E-state index is 10.3. The molecule has 0 spiro atoms. The first kappa shape index (κ1) is 13.8. The van der Waals surface area contributed by atoms with Crippen LogP contribution in [0.15, 0.2) is 18.6 Å². The largest absolute Gasteiger partial charge is 0.387 e. The van der Waals surface area contributed by atoms with E-state index < -0.39 is 5.60 Å². The maximum atomic E-state index is 10.3. The smallest absolute Gasteiger partial charge is 0.154 e. The summed E-state index contributed by atoms with van der Waals surface area (Å²) >= 11 is 0. The van der Waals surface area contributed by atoms with Crippen LogP contribution in [0.25, 0.3) is 11.0 Å². The molecule has 0 bridgehead atoms. The zero-order valence-corrected chi connectivity index (χ0v) is 11.9. The average molecular weight is 263 g/mol. The number of likely N-dealkylation sites (N-methyl/N-ethyl adjacent to an activating group) is 1. The number of pyridine rings is 1. The minimum Gasteiger partial charge on any atom is -0.387 e. The summed E-state index contributed by atoms with van der Waals surface area (Å²) < 4.78 is 1.94. The van der Waals surface area contributed by atoms with Crippen molar-refractivity contribution in [2.24, 2.45) is 7.05 Å². The van der Waals surface area contributed by atoms with E-state index in [1.807, 2.05) is 36.7 Å². The van der Waals surface area contributed by atoms with Crippen molar-refractivity contribution < 1.29 is 5.11 Å². The first-order chi connectivity index (χ1) is 8.89. The zero-order valence-electron chi connectivity index (χ0n) is 11.9. The van der Waals surface area contributed by atoms with Crippen LogP contribution in [-0.4, -0.2) is 57.3 Å². The molecule has 2 heterocycles. The van der Waals surface area contributed by atoms with Gasteiger partial charge in [0.25, 0.3) is 0 Å². The van der Waals surface area contributed by atoms with Gasteiger partial charge in [0.2, 0.25) is 0 Å². The monoisotopic (exact) mass is 263 g/mol. The fraction of sp³-hybridized carbons (Fsp3) is 0.538. The summed E-state index contributed by atoms with van der Waals surface area (Å²) in [5.74, 6) is 0.706. The van der Waals surface area contributed by atoms with E-state index in [-0.39, 0.29) is 0 Å². The highest BCUT2D eigenvalue weighted by Crippen LogP contribution is 2.19. The fourth-order valence-corrected chi connectivity index (χ4v) is 2.20. The summed E-state index contributed by atoms with van der Waals surface area (Å²) in [6, 6.07) is 1.92. The van der Waals surface area contributed by atoms with E-state index in [1.54, 1.807) is 19.4 Å². The Morgan fingerprint density at radius 2 is 2.16 bits per heavy atom. The van der Waals surface area contributed by atoms with Crippen LogP contribution in [0, 0.1) is 0 Å². The van der Waals surface area contributed by atoms with Crippen LogP contribution >= 0.6 is 0 Å². The second-order valence-electron chi connectivity index (χ2n) is 5.47. The van der Waals surface area contributed by atoms with Crippen LogP contribution in [0.2, 0.25) is 0 Å². The summed E-state index contributed by atoms with van der Waals surface area (Å²) in [5, 5.41) is 13.4. The van der Waals surface area contributed by atoms with Crippen molar-refractivity contribution in [2.75, 3.05) is 32.5 Å². The second kappa shape index (κ2) is 5.14. The minimum atomic E-state index is -0.817. The van der Waals surface area contributed by atoms with Gasteiger partial charge in [-0.3, -0.25) is 0 Å². The Balaban J connectivity index is 2.14. The maximum Gasteiger partial charge on any atom is 0.154 e. The summed E-state index contributed by atoms with van der Waals surface area (Å²) in [4.78, 5) is 10.6. The Kier molecular flexibility index (Phi) is 3.73. The van der Waals surface area contributed by atoms with E-state index in [2.05, 4.69) is 15.3 Å². The predicted octanol–water partition coefficient (Wildman–Crippen LogP) is 0.693. The molecule has 2 N–H and O–H groups in total. The van der Waals surface area contributed by atoms with Crippen LogP contribution in [0.5, 0.6) is 0 Å². The van der Waals surface area contributed by atoms with Crippen LogP contribution in [0.3, 0.4) is 0 Å². The van der Waals surface area contributed by atoms with Gasteiger partial charge >= 0.3 is 0 Å². The van der Waals surface area contributed by atoms with Gasteiger partial charge < -0.3 is 19.9 Å². The van der Waals surface area contributed by atoms with Gasteiger partial charge in [0, 0.05) is 26.3 Å². The molecule has 6 nitrogen and oxygen atoms in total. The lowest BCUT2D eigenvalue weighted by Crippen LogP contribution is -2.43. The van der Waals surface area contributed by atoms with Crippen LogP contribution in [-0.2, 0) is 7.05 Å². The fourth-order valence-electron chi connectivity index (χ4n) is 2.20. The number of hydrogen-bond donors (Lipinski definition) is 2. The molecule has 0 saturated heterocycles. The Hall–Kier alpha value is -1.66. The van der Waals surface area contributed by atoms with E-state index in [0.29, 0.717) is 18.9 Å². The quantitative estimate of drug-likeness (QED) is 0.831. The highest BCUT2D eigenvalue weighted by Gasteiger charge is 2.21. The Morgan fingerprint density at radius 3 is 2.84 bits per heavy atom. The zero-order chi connectivity index (χ0) is 14.0. The molecule has 0 aliphatic carbocycles. The third-order valence-electron chi connectivity index (χ3n) is 2.94. The van der Waals surface area contributed by atoms with Crippen molar-refractivity contribution in [3.63, 3.8) is 0 Å². The molecule has 0 amide bonds. The van der Waals surface area contributed by atoms with E-state index in [9.17, 15) is 5.11 Å². The van der Waals surface area contributed by atoms with Gasteiger partial charge in [0.05, 0.1) is 17.4 Å². The lowest BCUT2D eigenvalue weighted by Gasteiger charge is -2.27. The third kappa shape index (κ3) is 3.21. The predicted molar refractivity (Wildman–Crippen MR) is 76.2 cm³/mol. The number of anilines is 1. The number of fused-ring (bicyclic) bond motifs is 1. The summed E-state index contributed by atoms with van der Waals surface area (Å²) in [5.41, 5.74) is 1.03. The lowest BCUT2D eigenvalue weighted by molar-refractivity contribution is 0.0459.